The Morgan fingerprint density at radius 3 is 2.52 bits per heavy atom. The Bertz CT molecular complexity index is 1010. The Morgan fingerprint density at radius 1 is 1.00 bits per heavy atom. The van der Waals surface area contributed by atoms with Gasteiger partial charge in [-0.2, -0.15) is 4.99 Å². The second-order valence-electron chi connectivity index (χ2n) is 7.26. The van der Waals surface area contributed by atoms with Crippen LogP contribution in [-0.4, -0.2) is 5.16 Å². The summed E-state index contributed by atoms with van der Waals surface area (Å²) in [6.45, 7) is 2.23. The van der Waals surface area contributed by atoms with Crippen LogP contribution in [0.1, 0.15) is 67.7 Å². The number of hydrogen-bond donors (Lipinski definition) is 0. The minimum Gasteiger partial charge on any atom is -0.205 e. The first kappa shape index (κ1) is 21.1. The zero-order chi connectivity index (χ0) is 20.6. The molecular formula is C25H23F2NS. The number of allylic oxidation sites excluding steroid dienone is 1. The molecule has 2 aromatic carbocycles. The molecule has 3 rings (SSSR count). The van der Waals surface area contributed by atoms with Gasteiger partial charge in [-0.3, -0.25) is 0 Å². The van der Waals surface area contributed by atoms with Crippen molar-refractivity contribution in [2.75, 3.05) is 0 Å². The minimum atomic E-state index is -0.755. The van der Waals surface area contributed by atoms with E-state index in [1.54, 1.807) is 0 Å². The molecule has 1 aliphatic carbocycles. The summed E-state index contributed by atoms with van der Waals surface area (Å²) < 4.78 is 28.3. The molecule has 0 atom stereocenters. The predicted octanol–water partition coefficient (Wildman–Crippen LogP) is 7.40. The van der Waals surface area contributed by atoms with Crippen LogP contribution >= 0.6 is 12.2 Å². The number of nitrogens with zero attached hydrogens (tertiary/aromatic N) is 1. The van der Waals surface area contributed by atoms with Gasteiger partial charge in [0.05, 0.1) is 16.4 Å². The van der Waals surface area contributed by atoms with Gasteiger partial charge in [-0.15, -0.1) is 0 Å². The van der Waals surface area contributed by atoms with E-state index in [9.17, 15) is 8.78 Å². The van der Waals surface area contributed by atoms with E-state index in [4.69, 9.17) is 0 Å². The third-order valence-electron chi connectivity index (χ3n) is 5.10. The van der Waals surface area contributed by atoms with Gasteiger partial charge >= 0.3 is 0 Å². The highest BCUT2D eigenvalue weighted by Crippen LogP contribution is 2.28. The SMILES string of the molecule is CCCCCCC1=Cc2ccc(C#Cc3c(F)cc(N=C=S)cc3F)cc2CC1. The van der Waals surface area contributed by atoms with E-state index < -0.39 is 11.6 Å². The van der Waals surface area contributed by atoms with Crippen molar-refractivity contribution in [3.05, 3.63) is 69.8 Å². The van der Waals surface area contributed by atoms with Gasteiger partial charge < -0.3 is 0 Å². The number of rotatable bonds is 6. The van der Waals surface area contributed by atoms with Crippen molar-refractivity contribution in [2.24, 2.45) is 4.99 Å². The monoisotopic (exact) mass is 407 g/mol. The fraction of sp³-hybridized carbons (Fsp3) is 0.320. The molecule has 1 nitrogen and oxygen atoms in total. The first-order valence-electron chi connectivity index (χ1n) is 10.0. The molecule has 1 aliphatic rings. The van der Waals surface area contributed by atoms with Gasteiger partial charge in [-0.1, -0.05) is 55.7 Å². The number of fused-ring (bicyclic) bond motifs is 1. The molecule has 148 valence electrons. The maximum atomic E-state index is 14.1. The molecule has 0 N–H and O–H groups in total. The number of aliphatic imine (C=N–C) groups is 1. The van der Waals surface area contributed by atoms with Crippen LogP contribution in [0.2, 0.25) is 0 Å². The normalized spacial score (nSPS) is 12.3. The lowest BCUT2D eigenvalue weighted by molar-refractivity contribution is 0.578. The molecule has 0 heterocycles. The average molecular weight is 408 g/mol. The van der Waals surface area contributed by atoms with Crippen LogP contribution < -0.4 is 0 Å². The van der Waals surface area contributed by atoms with Gasteiger partial charge in [-0.25, -0.2) is 8.78 Å². The zero-order valence-corrected chi connectivity index (χ0v) is 17.3. The lowest BCUT2D eigenvalue weighted by Crippen LogP contribution is -2.00. The summed E-state index contributed by atoms with van der Waals surface area (Å²) in [4.78, 5) is 3.60. The quantitative estimate of drug-likeness (QED) is 0.210. The number of benzene rings is 2. The lowest BCUT2D eigenvalue weighted by atomic mass is 9.88. The molecule has 0 bridgehead atoms. The predicted molar refractivity (Wildman–Crippen MR) is 119 cm³/mol. The van der Waals surface area contributed by atoms with Gasteiger partial charge in [0.15, 0.2) is 0 Å². The second kappa shape index (κ2) is 10.3. The van der Waals surface area contributed by atoms with Gasteiger partial charge in [0, 0.05) is 17.7 Å². The van der Waals surface area contributed by atoms with Crippen molar-refractivity contribution in [3.8, 4) is 11.8 Å². The van der Waals surface area contributed by atoms with E-state index in [-0.39, 0.29) is 11.3 Å². The second-order valence-corrected chi connectivity index (χ2v) is 7.45. The summed E-state index contributed by atoms with van der Waals surface area (Å²) in [6.07, 6.45) is 10.6. The van der Waals surface area contributed by atoms with E-state index in [0.717, 1.165) is 30.5 Å². The topological polar surface area (TPSA) is 12.4 Å². The molecule has 0 radical (unpaired) electrons. The summed E-state index contributed by atoms with van der Waals surface area (Å²) in [5.41, 5.74) is 4.55. The molecule has 0 amide bonds. The molecule has 0 unspecified atom stereocenters. The Balaban J connectivity index is 1.76. The van der Waals surface area contributed by atoms with E-state index in [1.165, 1.54) is 48.8 Å². The van der Waals surface area contributed by atoms with Crippen molar-refractivity contribution in [2.45, 2.75) is 51.9 Å². The number of isothiocyanates is 1. The maximum absolute atomic E-state index is 14.1. The van der Waals surface area contributed by atoms with Crippen LogP contribution in [0.5, 0.6) is 0 Å². The fourth-order valence-corrected chi connectivity index (χ4v) is 3.64. The number of aryl methyl sites for hydroxylation is 1. The van der Waals surface area contributed by atoms with E-state index in [2.05, 4.69) is 53.3 Å². The lowest BCUT2D eigenvalue weighted by Gasteiger charge is -2.17. The van der Waals surface area contributed by atoms with Crippen molar-refractivity contribution in [1.82, 2.24) is 0 Å². The Kier molecular flexibility index (Phi) is 7.47. The number of thiocarbonyl (C=S) groups is 1. The highest BCUT2D eigenvalue weighted by atomic mass is 32.1. The summed E-state index contributed by atoms with van der Waals surface area (Å²) >= 11 is 4.46. The molecule has 0 aromatic heterocycles. The molecule has 29 heavy (non-hydrogen) atoms. The first-order chi connectivity index (χ1) is 14.1. The Morgan fingerprint density at radius 2 is 1.79 bits per heavy atom. The summed E-state index contributed by atoms with van der Waals surface area (Å²) in [6, 6.07) is 8.18. The van der Waals surface area contributed by atoms with Gasteiger partial charge in [0.2, 0.25) is 0 Å². The van der Waals surface area contributed by atoms with Gasteiger partial charge in [-0.05, 0) is 61.2 Å². The zero-order valence-electron chi connectivity index (χ0n) is 16.5. The number of hydrogen-bond acceptors (Lipinski definition) is 2. The molecule has 0 aliphatic heterocycles. The highest BCUT2D eigenvalue weighted by molar-refractivity contribution is 7.78. The molecule has 0 spiro atoms. The van der Waals surface area contributed by atoms with Crippen LogP contribution in [0.3, 0.4) is 0 Å². The smallest absolute Gasteiger partial charge is 0.143 e. The van der Waals surface area contributed by atoms with E-state index in [0.29, 0.717) is 0 Å². The van der Waals surface area contributed by atoms with Gasteiger partial charge in [0.25, 0.3) is 0 Å². The molecule has 0 saturated carbocycles. The van der Waals surface area contributed by atoms with Crippen molar-refractivity contribution >= 4 is 29.1 Å². The minimum absolute atomic E-state index is 0.0895. The number of halogens is 2. The molecule has 0 fully saturated rings. The van der Waals surface area contributed by atoms with Crippen LogP contribution in [-0.2, 0) is 6.42 Å². The van der Waals surface area contributed by atoms with Crippen LogP contribution in [0.25, 0.3) is 6.08 Å². The molecule has 0 saturated heterocycles. The molecule has 4 heteroatoms. The third-order valence-corrected chi connectivity index (χ3v) is 5.19. The van der Waals surface area contributed by atoms with E-state index >= 15 is 0 Å². The average Bonchev–Trinajstić information content (AvgIpc) is 2.71. The van der Waals surface area contributed by atoms with Crippen LogP contribution in [0, 0.1) is 23.5 Å². The highest BCUT2D eigenvalue weighted by Gasteiger charge is 2.11. The summed E-state index contributed by atoms with van der Waals surface area (Å²) in [5.74, 6) is 4.00. The van der Waals surface area contributed by atoms with Crippen molar-refractivity contribution in [3.63, 3.8) is 0 Å². The Hall–Kier alpha value is -2.60. The molecular weight excluding hydrogens is 384 g/mol. The van der Waals surface area contributed by atoms with E-state index in [1.807, 2.05) is 12.1 Å². The number of unbranched alkanes of at least 4 members (excludes halogenated alkanes) is 3. The van der Waals surface area contributed by atoms with Crippen molar-refractivity contribution in [1.29, 1.82) is 0 Å². The summed E-state index contributed by atoms with van der Waals surface area (Å²) in [5, 5.41) is 2.10. The largest absolute Gasteiger partial charge is 0.205 e. The standard InChI is InChI=1S/C25H23F2NS/c1-2-3-4-5-6-18-7-10-21-14-19(8-11-20(21)13-18)9-12-23-24(26)15-22(28-17-29)16-25(23)27/h8,11,13-16H,2-7,10H2,1H3. The van der Waals surface area contributed by atoms with Crippen LogP contribution in [0.15, 0.2) is 40.9 Å². The fourth-order valence-electron chi connectivity index (χ4n) is 3.54. The first-order valence-corrected chi connectivity index (χ1v) is 10.4. The van der Waals surface area contributed by atoms with Crippen LogP contribution in [0.4, 0.5) is 14.5 Å². The maximum Gasteiger partial charge on any atom is 0.143 e. The third kappa shape index (κ3) is 5.70. The Labute approximate surface area is 176 Å². The van der Waals surface area contributed by atoms with Crippen molar-refractivity contribution < 1.29 is 8.78 Å². The van der Waals surface area contributed by atoms with Gasteiger partial charge in [0.1, 0.15) is 11.6 Å². The molecule has 2 aromatic rings. The summed E-state index contributed by atoms with van der Waals surface area (Å²) in [7, 11) is 0.